The maximum atomic E-state index is 14.8. The molecule has 17 heteroatoms. The second-order valence-corrected chi connectivity index (χ2v) is 21.6. The zero-order valence-electron chi connectivity index (χ0n) is 39.6. The third-order valence-corrected chi connectivity index (χ3v) is 14.6. The fourth-order valence-electron chi connectivity index (χ4n) is 10.0. The summed E-state index contributed by atoms with van der Waals surface area (Å²) >= 11 is 0. The highest BCUT2D eigenvalue weighted by molar-refractivity contribution is 7.88. The van der Waals surface area contributed by atoms with Crippen molar-refractivity contribution in [2.24, 2.45) is 17.3 Å². The van der Waals surface area contributed by atoms with Crippen molar-refractivity contribution < 1.29 is 42.2 Å². The molecule has 0 aliphatic carbocycles. The summed E-state index contributed by atoms with van der Waals surface area (Å²) in [5.41, 5.74) is 8.37. The number of aromatic hydroxyl groups is 1. The molecule has 16 nitrogen and oxygen atoms in total. The van der Waals surface area contributed by atoms with E-state index in [1.165, 1.54) is 21.3 Å². The minimum Gasteiger partial charge on any atom is -0.508 e. The molecule has 0 radical (unpaired) electrons. The van der Waals surface area contributed by atoms with Gasteiger partial charge in [0.1, 0.15) is 23.4 Å². The zero-order chi connectivity index (χ0) is 47.9. The van der Waals surface area contributed by atoms with Gasteiger partial charge in [-0.15, -0.1) is 0 Å². The van der Waals surface area contributed by atoms with Gasteiger partial charge in [0.15, 0.2) is 0 Å². The van der Waals surface area contributed by atoms with Crippen molar-refractivity contribution in [2.75, 3.05) is 46.7 Å². The van der Waals surface area contributed by atoms with E-state index in [2.05, 4.69) is 53.2 Å². The van der Waals surface area contributed by atoms with Crippen molar-refractivity contribution in [1.29, 1.82) is 0 Å². The van der Waals surface area contributed by atoms with Gasteiger partial charge < -0.3 is 29.4 Å². The Morgan fingerprint density at radius 3 is 2.53 bits per heavy atom. The number of ether oxygens (including phenoxy) is 2. The molecule has 356 valence electrons. The fraction of sp³-hybridized carbons (Fsp3) is 0.531. The lowest BCUT2D eigenvalue weighted by Crippen LogP contribution is -2.66. The van der Waals surface area contributed by atoms with E-state index in [1.54, 1.807) is 46.2 Å². The maximum absolute atomic E-state index is 14.8. The van der Waals surface area contributed by atoms with E-state index >= 15 is 0 Å². The number of phenols is 1. The average molecular weight is 928 g/mol. The molecule has 2 aromatic heterocycles. The van der Waals surface area contributed by atoms with Crippen LogP contribution in [0.3, 0.4) is 0 Å². The Hall–Kier alpha value is -5.36. The Bertz CT molecular complexity index is 2630. The van der Waals surface area contributed by atoms with E-state index in [4.69, 9.17) is 9.47 Å². The van der Waals surface area contributed by atoms with Crippen LogP contribution in [0, 0.1) is 17.3 Å². The molecule has 0 unspecified atom stereocenters. The highest BCUT2D eigenvalue weighted by Crippen LogP contribution is 2.41. The number of esters is 1. The number of aromatic nitrogens is 2. The number of hydrogen-bond donors (Lipinski definition) is 3. The van der Waals surface area contributed by atoms with Crippen LogP contribution < -0.4 is 10.7 Å². The lowest BCUT2D eigenvalue weighted by molar-refractivity contribution is -0.162. The third-order valence-electron chi connectivity index (χ3n) is 13.4. The number of phenolic OH excluding ortho intramolecular Hbond substituents is 1. The first-order chi connectivity index (χ1) is 31.1. The molecule has 2 aromatic carbocycles. The van der Waals surface area contributed by atoms with E-state index in [0.29, 0.717) is 50.0 Å². The minimum atomic E-state index is -3.50. The smallest absolute Gasteiger partial charge is 0.327 e. The summed E-state index contributed by atoms with van der Waals surface area (Å²) in [5, 5.41) is 16.7. The van der Waals surface area contributed by atoms with Gasteiger partial charge >= 0.3 is 5.97 Å². The molecule has 3 amide bonds. The predicted octanol–water partition coefficient (Wildman–Crippen LogP) is 5.05. The minimum absolute atomic E-state index is 0.0222. The largest absolute Gasteiger partial charge is 0.508 e. The van der Waals surface area contributed by atoms with E-state index in [9.17, 15) is 32.7 Å². The molecule has 0 saturated carbocycles. The van der Waals surface area contributed by atoms with E-state index in [0.717, 1.165) is 45.1 Å². The molecule has 2 saturated heterocycles. The van der Waals surface area contributed by atoms with Gasteiger partial charge in [-0.1, -0.05) is 39.8 Å². The Morgan fingerprint density at radius 1 is 1.09 bits per heavy atom. The first kappa shape index (κ1) is 48.6. The Balaban J connectivity index is 1.32. The summed E-state index contributed by atoms with van der Waals surface area (Å²) in [6, 6.07) is 11.1. The first-order valence-electron chi connectivity index (χ1n) is 22.8. The summed E-state index contributed by atoms with van der Waals surface area (Å²) in [6.45, 7) is 13.1. The number of amides is 3. The van der Waals surface area contributed by atoms with Crippen LogP contribution in [0.5, 0.6) is 5.75 Å². The van der Waals surface area contributed by atoms with Crippen LogP contribution in [0.4, 0.5) is 0 Å². The molecule has 4 aromatic rings. The van der Waals surface area contributed by atoms with Crippen molar-refractivity contribution >= 4 is 44.6 Å². The Morgan fingerprint density at radius 2 is 1.85 bits per heavy atom. The molecule has 4 atom stereocenters. The molecule has 66 heavy (non-hydrogen) atoms. The number of nitrogens with one attached hydrogen (secondary N) is 2. The second-order valence-electron chi connectivity index (χ2n) is 19.6. The zero-order valence-corrected chi connectivity index (χ0v) is 40.5. The van der Waals surface area contributed by atoms with Crippen LogP contribution in [0.1, 0.15) is 77.5 Å². The molecule has 3 N–H and O–H groups in total. The number of benzene rings is 2. The Labute approximate surface area is 388 Å². The third kappa shape index (κ3) is 9.99. The number of hydrogen-bond acceptors (Lipinski definition) is 11. The van der Waals surface area contributed by atoms with Gasteiger partial charge in [-0.05, 0) is 104 Å². The van der Waals surface area contributed by atoms with E-state index in [-0.39, 0.29) is 44.3 Å². The van der Waals surface area contributed by atoms with Gasteiger partial charge in [0, 0.05) is 81.0 Å². The summed E-state index contributed by atoms with van der Waals surface area (Å²) < 4.78 is 39.9. The maximum Gasteiger partial charge on any atom is 0.327 e. The summed E-state index contributed by atoms with van der Waals surface area (Å²) in [4.78, 5) is 63.3. The van der Waals surface area contributed by atoms with Crippen molar-refractivity contribution in [2.45, 2.75) is 104 Å². The van der Waals surface area contributed by atoms with Gasteiger partial charge in [-0.2, -0.15) is 0 Å². The van der Waals surface area contributed by atoms with Crippen LogP contribution in [-0.2, 0) is 64.7 Å². The fourth-order valence-corrected chi connectivity index (χ4v) is 10.9. The number of fused-ring (bicyclic) bond motifs is 6. The molecule has 3 aliphatic heterocycles. The number of methoxy groups -OCH3 is 1. The number of nitrogens with zero attached hydrogens (tertiary/aromatic N) is 5. The lowest BCUT2D eigenvalue weighted by Gasteiger charge is -2.41. The molecule has 5 heterocycles. The lowest BCUT2D eigenvalue weighted by atomic mass is 9.84. The number of aryl methyl sites for hydroxylation is 1. The van der Waals surface area contributed by atoms with Gasteiger partial charge in [0.25, 0.3) is 5.91 Å². The second kappa shape index (κ2) is 19.1. The normalized spacial score (nSPS) is 22.2. The quantitative estimate of drug-likeness (QED) is 0.181. The molecule has 7 rings (SSSR count). The number of pyridine rings is 1. The number of carbonyl (C=O) groups is 4. The molecule has 3 aliphatic rings. The van der Waals surface area contributed by atoms with Crippen LogP contribution >= 0.6 is 0 Å². The average Bonchev–Trinajstić information content (AvgIpc) is 3.88. The van der Waals surface area contributed by atoms with Gasteiger partial charge in [0.2, 0.25) is 21.8 Å². The van der Waals surface area contributed by atoms with E-state index in [1.807, 2.05) is 24.4 Å². The van der Waals surface area contributed by atoms with E-state index < -0.39 is 62.7 Å². The van der Waals surface area contributed by atoms with Crippen molar-refractivity contribution in [1.82, 2.24) is 34.5 Å². The summed E-state index contributed by atoms with van der Waals surface area (Å²) in [7, 11) is -0.307. The number of likely N-dealkylation sites (N-methyl/N-ethyl adjacent to an activating group) is 1. The molecular weight excluding hydrogens is 863 g/mol. The van der Waals surface area contributed by atoms with Crippen LogP contribution in [0.15, 0.2) is 54.9 Å². The van der Waals surface area contributed by atoms with Crippen LogP contribution in [0.2, 0.25) is 0 Å². The summed E-state index contributed by atoms with van der Waals surface area (Å²) in [5.74, 6) is -3.01. The van der Waals surface area contributed by atoms with Gasteiger partial charge in [-0.25, -0.2) is 22.9 Å². The monoisotopic (exact) mass is 927 g/mol. The number of cyclic esters (lactones) is 1. The van der Waals surface area contributed by atoms with Crippen molar-refractivity contribution in [3.05, 3.63) is 71.5 Å². The molecular formula is C49H65N7O9S. The van der Waals surface area contributed by atoms with Gasteiger partial charge in [-0.3, -0.25) is 24.4 Å². The van der Waals surface area contributed by atoms with Gasteiger partial charge in [0.05, 0.1) is 31.1 Å². The number of hydrazine groups is 1. The molecule has 2 fully saturated rings. The number of rotatable bonds is 10. The summed E-state index contributed by atoms with van der Waals surface area (Å²) in [6.07, 6.45) is 6.41. The highest BCUT2D eigenvalue weighted by Gasteiger charge is 2.44. The van der Waals surface area contributed by atoms with Crippen LogP contribution in [0.25, 0.3) is 33.3 Å². The number of carbonyl (C=O) groups excluding carboxylic acids is 4. The standard InChI is InChI=1S/C49H65N7O9S/c1-10-55-41-13-12-32-24-37(41)38(43(55)39-26-50-17-14-34(39)28-64-8)25-48(4,5)29-65-47(61)49(6)16-11-18-56(52-49)46(60)40(22-31-20-35(32)23-36(57)21-31)51-44(58)42(30(2)3)53(7)45(59)33-15-19-54(27-33)66(9,62)63/h12-14,17,20-21,23-24,26,30,33,40,42,52,57H,10-11,15-16,18-19,22,25,27-29H2,1-9H3,(H,51,58)/t33-,40-,42-,49+/m0/s1. The predicted molar refractivity (Wildman–Crippen MR) is 251 cm³/mol. The topological polar surface area (TPSA) is 193 Å². The highest BCUT2D eigenvalue weighted by atomic mass is 32.2. The van der Waals surface area contributed by atoms with Crippen molar-refractivity contribution in [3.63, 3.8) is 0 Å². The molecule has 6 bridgehead atoms. The first-order valence-corrected chi connectivity index (χ1v) is 24.7. The SMILES string of the molecule is CCn1c(-c2cnccc2COC)c2c3cc(ccc31)-c1cc(O)cc(c1)C[C@H](NC(=O)[C@H](C(C)C)N(C)C(=O)[C@H]1CCN(S(C)(=O)=O)C1)C(=O)N1CCC[C@@](C)(N1)C(=O)OCC(C)(C)C2. The Kier molecular flexibility index (Phi) is 14.1. The number of sulfonamides is 1. The van der Waals surface area contributed by atoms with Crippen LogP contribution in [-0.4, -0.2) is 125 Å². The van der Waals surface area contributed by atoms with Crippen molar-refractivity contribution in [3.8, 4) is 28.1 Å². The molecule has 0 spiro atoms.